The topological polar surface area (TPSA) is 12.0 Å². The maximum Gasteiger partial charge on any atom is 0.0408 e. The fourth-order valence-electron chi connectivity index (χ4n) is 3.25. The standard InChI is InChI=1S/C19H31N/c1-8-10-17(11-9-2)20-19-15(6)12-14(5)18(13(3)4)16(19)7/h12,17,20H,3,8-11H2,1-2,4-7H3. The molecule has 0 aromatic heterocycles. The summed E-state index contributed by atoms with van der Waals surface area (Å²) in [7, 11) is 0. The number of allylic oxidation sites excluding steroid dienone is 1. The van der Waals surface area contributed by atoms with Gasteiger partial charge in [-0.15, -0.1) is 0 Å². The Kier molecular flexibility index (Phi) is 6.32. The summed E-state index contributed by atoms with van der Waals surface area (Å²) in [5, 5.41) is 3.80. The Morgan fingerprint density at radius 3 is 2.10 bits per heavy atom. The summed E-state index contributed by atoms with van der Waals surface area (Å²) in [6, 6.07) is 2.87. The van der Waals surface area contributed by atoms with Crippen LogP contribution in [0.3, 0.4) is 0 Å². The first-order valence-electron chi connectivity index (χ1n) is 7.95. The third-order valence-corrected chi connectivity index (χ3v) is 4.02. The smallest absolute Gasteiger partial charge is 0.0408 e. The molecule has 0 saturated carbocycles. The maximum absolute atomic E-state index is 4.14. The molecule has 1 rings (SSSR count). The van der Waals surface area contributed by atoms with Crippen LogP contribution in [0.2, 0.25) is 0 Å². The summed E-state index contributed by atoms with van der Waals surface area (Å²) in [6.07, 6.45) is 4.94. The first-order valence-corrected chi connectivity index (χ1v) is 7.95. The van der Waals surface area contributed by atoms with Gasteiger partial charge in [-0.25, -0.2) is 0 Å². The van der Waals surface area contributed by atoms with Crippen molar-refractivity contribution < 1.29 is 0 Å². The highest BCUT2D eigenvalue weighted by molar-refractivity contribution is 5.75. The van der Waals surface area contributed by atoms with Crippen molar-refractivity contribution in [2.75, 3.05) is 5.32 Å². The zero-order chi connectivity index (χ0) is 15.3. The van der Waals surface area contributed by atoms with Gasteiger partial charge in [0.25, 0.3) is 0 Å². The molecule has 1 N–H and O–H groups in total. The highest BCUT2D eigenvalue weighted by Gasteiger charge is 2.14. The van der Waals surface area contributed by atoms with Crippen molar-refractivity contribution in [3.8, 4) is 0 Å². The van der Waals surface area contributed by atoms with Crippen LogP contribution in [0.1, 0.15) is 68.7 Å². The van der Waals surface area contributed by atoms with Crippen LogP contribution in [0.4, 0.5) is 5.69 Å². The van der Waals surface area contributed by atoms with Gasteiger partial charge in [0.05, 0.1) is 0 Å². The molecule has 0 atom stereocenters. The number of aryl methyl sites for hydroxylation is 2. The molecule has 0 fully saturated rings. The lowest BCUT2D eigenvalue weighted by Gasteiger charge is -2.24. The van der Waals surface area contributed by atoms with E-state index < -0.39 is 0 Å². The normalized spacial score (nSPS) is 10.9. The molecule has 1 aromatic carbocycles. The Morgan fingerprint density at radius 1 is 1.10 bits per heavy atom. The van der Waals surface area contributed by atoms with Crippen LogP contribution in [0.5, 0.6) is 0 Å². The van der Waals surface area contributed by atoms with Gasteiger partial charge in [0.1, 0.15) is 0 Å². The van der Waals surface area contributed by atoms with E-state index in [1.807, 2.05) is 0 Å². The molecule has 0 aliphatic carbocycles. The van der Waals surface area contributed by atoms with Gasteiger partial charge in [-0.3, -0.25) is 0 Å². The molecular formula is C19H31N. The fraction of sp³-hybridized carbons (Fsp3) is 0.579. The van der Waals surface area contributed by atoms with Gasteiger partial charge in [0.2, 0.25) is 0 Å². The van der Waals surface area contributed by atoms with E-state index in [-0.39, 0.29) is 0 Å². The third-order valence-electron chi connectivity index (χ3n) is 4.02. The molecule has 0 radical (unpaired) electrons. The summed E-state index contributed by atoms with van der Waals surface area (Å²) in [5.74, 6) is 0. The van der Waals surface area contributed by atoms with E-state index in [0.717, 1.165) is 5.57 Å². The van der Waals surface area contributed by atoms with Gasteiger partial charge in [-0.05, 0) is 62.8 Å². The number of nitrogens with one attached hydrogen (secondary N) is 1. The first-order chi connectivity index (χ1) is 9.42. The third kappa shape index (κ3) is 3.88. The molecule has 0 aliphatic heterocycles. The van der Waals surface area contributed by atoms with E-state index in [9.17, 15) is 0 Å². The maximum atomic E-state index is 4.14. The van der Waals surface area contributed by atoms with Crippen molar-refractivity contribution in [3.05, 3.63) is 34.9 Å². The fourth-order valence-corrected chi connectivity index (χ4v) is 3.25. The summed E-state index contributed by atoms with van der Waals surface area (Å²) >= 11 is 0. The van der Waals surface area contributed by atoms with Gasteiger partial charge in [0, 0.05) is 11.7 Å². The predicted octanol–water partition coefficient (Wildman–Crippen LogP) is 6.03. The minimum absolute atomic E-state index is 0.586. The van der Waals surface area contributed by atoms with Crippen molar-refractivity contribution in [1.82, 2.24) is 0 Å². The average Bonchev–Trinajstić information content (AvgIpc) is 2.34. The van der Waals surface area contributed by atoms with E-state index in [0.29, 0.717) is 6.04 Å². The predicted molar refractivity (Wildman–Crippen MR) is 92.6 cm³/mol. The summed E-state index contributed by atoms with van der Waals surface area (Å²) in [5.41, 5.74) is 7.84. The molecule has 0 unspecified atom stereocenters. The lowest BCUT2D eigenvalue weighted by molar-refractivity contribution is 0.585. The molecular weight excluding hydrogens is 242 g/mol. The second kappa shape index (κ2) is 7.52. The van der Waals surface area contributed by atoms with Gasteiger partial charge in [-0.2, -0.15) is 0 Å². The van der Waals surface area contributed by atoms with E-state index in [1.54, 1.807) is 0 Å². The lowest BCUT2D eigenvalue weighted by Crippen LogP contribution is -2.20. The Bertz CT molecular complexity index is 465. The van der Waals surface area contributed by atoms with Gasteiger partial charge >= 0.3 is 0 Å². The Hall–Kier alpha value is -1.24. The van der Waals surface area contributed by atoms with Crippen LogP contribution < -0.4 is 5.32 Å². The van der Waals surface area contributed by atoms with Crippen LogP contribution >= 0.6 is 0 Å². The summed E-state index contributed by atoms with van der Waals surface area (Å²) < 4.78 is 0. The zero-order valence-electron chi connectivity index (χ0n) is 14.2. The molecule has 1 nitrogen and oxygen atoms in total. The highest BCUT2D eigenvalue weighted by Crippen LogP contribution is 2.32. The molecule has 1 heteroatoms. The SMILES string of the molecule is C=C(C)c1c(C)cc(C)c(NC(CCC)CCC)c1C. The van der Waals surface area contributed by atoms with E-state index in [2.05, 4.69) is 59.5 Å². The van der Waals surface area contributed by atoms with E-state index in [1.165, 1.54) is 53.6 Å². The van der Waals surface area contributed by atoms with Crippen molar-refractivity contribution in [2.45, 2.75) is 73.3 Å². The number of hydrogen-bond donors (Lipinski definition) is 1. The second-order valence-corrected chi connectivity index (χ2v) is 6.08. The van der Waals surface area contributed by atoms with Crippen molar-refractivity contribution in [3.63, 3.8) is 0 Å². The number of anilines is 1. The van der Waals surface area contributed by atoms with Crippen LogP contribution in [-0.4, -0.2) is 6.04 Å². The van der Waals surface area contributed by atoms with Crippen LogP contribution in [0, 0.1) is 20.8 Å². The van der Waals surface area contributed by atoms with Crippen LogP contribution in [-0.2, 0) is 0 Å². The Labute approximate surface area is 125 Å². The van der Waals surface area contributed by atoms with Crippen molar-refractivity contribution >= 4 is 11.3 Å². The minimum Gasteiger partial charge on any atom is -0.382 e. The quantitative estimate of drug-likeness (QED) is 0.640. The van der Waals surface area contributed by atoms with Crippen LogP contribution in [0.15, 0.2) is 12.6 Å². The molecule has 112 valence electrons. The highest BCUT2D eigenvalue weighted by atomic mass is 14.9. The number of benzene rings is 1. The Balaban J connectivity index is 3.16. The lowest BCUT2D eigenvalue weighted by atomic mass is 9.92. The molecule has 20 heavy (non-hydrogen) atoms. The summed E-state index contributed by atoms with van der Waals surface area (Å²) in [4.78, 5) is 0. The molecule has 0 heterocycles. The zero-order valence-corrected chi connectivity index (χ0v) is 14.2. The molecule has 1 aromatic rings. The van der Waals surface area contributed by atoms with Gasteiger partial charge in [0.15, 0.2) is 0 Å². The summed E-state index contributed by atoms with van der Waals surface area (Å²) in [6.45, 7) is 17.4. The van der Waals surface area contributed by atoms with Crippen molar-refractivity contribution in [2.24, 2.45) is 0 Å². The minimum atomic E-state index is 0.586. The largest absolute Gasteiger partial charge is 0.382 e. The molecule has 0 amide bonds. The van der Waals surface area contributed by atoms with Gasteiger partial charge in [-0.1, -0.05) is 44.9 Å². The monoisotopic (exact) mass is 273 g/mol. The molecule has 0 aliphatic rings. The average molecular weight is 273 g/mol. The van der Waals surface area contributed by atoms with Crippen LogP contribution in [0.25, 0.3) is 5.57 Å². The molecule has 0 spiro atoms. The number of rotatable bonds is 7. The second-order valence-electron chi connectivity index (χ2n) is 6.08. The molecule has 0 saturated heterocycles. The van der Waals surface area contributed by atoms with Crippen molar-refractivity contribution in [1.29, 1.82) is 0 Å². The van der Waals surface area contributed by atoms with Gasteiger partial charge < -0.3 is 5.32 Å². The van der Waals surface area contributed by atoms with E-state index >= 15 is 0 Å². The molecule has 0 bridgehead atoms. The first kappa shape index (κ1) is 16.8. The van der Waals surface area contributed by atoms with E-state index in [4.69, 9.17) is 0 Å². The Morgan fingerprint density at radius 2 is 1.65 bits per heavy atom. The number of hydrogen-bond acceptors (Lipinski definition) is 1.